The van der Waals surface area contributed by atoms with Crippen molar-refractivity contribution in [3.8, 4) is 5.75 Å². The quantitative estimate of drug-likeness (QED) is 0.802. The number of allylic oxidation sites excluding steroid dienone is 1. The van der Waals surface area contributed by atoms with E-state index in [1.807, 2.05) is 6.92 Å². The van der Waals surface area contributed by atoms with Crippen LogP contribution < -0.4 is 9.46 Å². The largest absolute Gasteiger partial charge is 0.495 e. The lowest BCUT2D eigenvalue weighted by Crippen LogP contribution is -2.26. The first-order valence-electron chi connectivity index (χ1n) is 6.96. The number of ether oxygens (including phenoxy) is 1. The number of halogens is 1. The summed E-state index contributed by atoms with van der Waals surface area (Å²) in [6, 6.07) is 3.31. The maximum absolute atomic E-state index is 12.5. The number of benzene rings is 1. The molecule has 0 bridgehead atoms. The molecule has 1 aliphatic rings. The van der Waals surface area contributed by atoms with Crippen LogP contribution >= 0.6 is 15.9 Å². The second-order valence-electron chi connectivity index (χ2n) is 5.18. The van der Waals surface area contributed by atoms with Gasteiger partial charge < -0.3 is 4.74 Å². The van der Waals surface area contributed by atoms with Gasteiger partial charge in [-0.05, 0) is 50.3 Å². The number of hydrogen-bond acceptors (Lipinski definition) is 3. The fourth-order valence-corrected chi connectivity index (χ4v) is 4.04. The molecule has 0 atom stereocenters. The number of methoxy groups -OCH3 is 1. The second-order valence-corrected chi connectivity index (χ2v) is 7.77. The van der Waals surface area contributed by atoms with Gasteiger partial charge in [0.15, 0.2) is 0 Å². The molecule has 0 fully saturated rings. The van der Waals surface area contributed by atoms with Crippen LogP contribution in [0, 0.1) is 6.92 Å². The van der Waals surface area contributed by atoms with Gasteiger partial charge in [-0.25, -0.2) is 13.1 Å². The molecular weight excluding hydrogens is 354 g/mol. The predicted molar refractivity (Wildman–Crippen MR) is 87.2 cm³/mol. The van der Waals surface area contributed by atoms with E-state index in [-0.39, 0.29) is 4.90 Å². The van der Waals surface area contributed by atoms with E-state index in [1.54, 1.807) is 12.1 Å². The van der Waals surface area contributed by atoms with Gasteiger partial charge >= 0.3 is 0 Å². The Kier molecular flexibility index (Phi) is 5.46. The van der Waals surface area contributed by atoms with Crippen molar-refractivity contribution in [1.29, 1.82) is 0 Å². The van der Waals surface area contributed by atoms with Crippen molar-refractivity contribution in [3.63, 3.8) is 0 Å². The highest BCUT2D eigenvalue weighted by Gasteiger charge is 2.21. The molecule has 2 rings (SSSR count). The lowest BCUT2D eigenvalue weighted by atomic mass is 10.0. The maximum atomic E-state index is 12.5. The van der Waals surface area contributed by atoms with E-state index in [0.717, 1.165) is 34.9 Å². The smallest absolute Gasteiger partial charge is 0.244 e. The molecule has 0 unspecified atom stereocenters. The number of rotatable bonds is 5. The molecule has 1 aromatic rings. The molecule has 0 saturated carbocycles. The first kappa shape index (κ1) is 16.5. The molecule has 4 nitrogen and oxygen atoms in total. The Balaban J connectivity index is 2.22. The average Bonchev–Trinajstić information content (AvgIpc) is 2.48. The van der Waals surface area contributed by atoms with Crippen LogP contribution in [0.3, 0.4) is 0 Å². The molecule has 0 saturated heterocycles. The van der Waals surface area contributed by atoms with Crippen molar-refractivity contribution in [3.05, 3.63) is 33.8 Å². The van der Waals surface area contributed by atoms with Crippen LogP contribution in [0.5, 0.6) is 5.75 Å². The van der Waals surface area contributed by atoms with Gasteiger partial charge in [-0.3, -0.25) is 0 Å². The van der Waals surface area contributed by atoms with E-state index < -0.39 is 10.0 Å². The fraction of sp³-hybridized carbons (Fsp3) is 0.467. The molecule has 0 aromatic heterocycles. The van der Waals surface area contributed by atoms with Gasteiger partial charge in [-0.1, -0.05) is 27.6 Å². The second kappa shape index (κ2) is 6.94. The highest BCUT2D eigenvalue weighted by Crippen LogP contribution is 2.30. The molecule has 1 aromatic carbocycles. The van der Waals surface area contributed by atoms with Crippen molar-refractivity contribution in [1.82, 2.24) is 4.72 Å². The minimum Gasteiger partial charge on any atom is -0.495 e. The van der Waals surface area contributed by atoms with Crippen molar-refractivity contribution < 1.29 is 13.2 Å². The lowest BCUT2D eigenvalue weighted by Gasteiger charge is -2.15. The van der Waals surface area contributed by atoms with Crippen molar-refractivity contribution in [2.24, 2.45) is 0 Å². The molecule has 21 heavy (non-hydrogen) atoms. The van der Waals surface area contributed by atoms with Crippen molar-refractivity contribution in [2.45, 2.75) is 37.5 Å². The van der Waals surface area contributed by atoms with Crippen molar-refractivity contribution >= 4 is 26.0 Å². The fourth-order valence-electron chi connectivity index (χ4n) is 2.34. The highest BCUT2D eigenvalue weighted by atomic mass is 79.9. The number of aryl methyl sites for hydroxylation is 1. The number of nitrogens with one attached hydrogen (secondary N) is 1. The summed E-state index contributed by atoms with van der Waals surface area (Å²) in [6.45, 7) is 2.26. The SMILES string of the molecule is COc1cc(C)c(Br)cc1S(=O)(=O)NCC1=CCCCC1. The Morgan fingerprint density at radius 1 is 1.33 bits per heavy atom. The van der Waals surface area contributed by atoms with Crippen molar-refractivity contribution in [2.75, 3.05) is 13.7 Å². The molecule has 1 aliphatic carbocycles. The molecular formula is C15H20BrNO3S. The third-order valence-electron chi connectivity index (χ3n) is 3.61. The van der Waals surface area contributed by atoms with Gasteiger partial charge in [0.1, 0.15) is 10.6 Å². The van der Waals surface area contributed by atoms with E-state index in [1.165, 1.54) is 13.5 Å². The summed E-state index contributed by atoms with van der Waals surface area (Å²) in [5.74, 6) is 0.362. The van der Waals surface area contributed by atoms with E-state index in [9.17, 15) is 8.42 Å². The summed E-state index contributed by atoms with van der Waals surface area (Å²) in [5, 5.41) is 0. The monoisotopic (exact) mass is 373 g/mol. The summed E-state index contributed by atoms with van der Waals surface area (Å²) in [7, 11) is -2.11. The third-order valence-corrected chi connectivity index (χ3v) is 5.89. The van der Waals surface area contributed by atoms with E-state index in [2.05, 4.69) is 26.7 Å². The summed E-state index contributed by atoms with van der Waals surface area (Å²) in [5.41, 5.74) is 2.09. The van der Waals surface area contributed by atoms with Gasteiger partial charge in [0, 0.05) is 11.0 Å². The standard InChI is InChI=1S/C15H20BrNO3S/c1-11-8-14(20-2)15(9-13(11)16)21(18,19)17-10-12-6-4-3-5-7-12/h6,8-9,17H,3-5,7,10H2,1-2H3. The first-order valence-corrected chi connectivity index (χ1v) is 9.23. The van der Waals surface area contributed by atoms with Gasteiger partial charge in [-0.15, -0.1) is 0 Å². The van der Waals surface area contributed by atoms with Gasteiger partial charge in [0.2, 0.25) is 10.0 Å². The molecule has 0 aliphatic heterocycles. The topological polar surface area (TPSA) is 55.4 Å². The summed E-state index contributed by atoms with van der Waals surface area (Å²) in [4.78, 5) is 0.166. The zero-order valence-corrected chi connectivity index (χ0v) is 14.7. The Hall–Kier alpha value is -0.850. The minimum atomic E-state index is -3.59. The van der Waals surface area contributed by atoms with Gasteiger partial charge in [0.25, 0.3) is 0 Å². The molecule has 6 heteroatoms. The Bertz CT molecular complexity index is 653. The van der Waals surface area contributed by atoms with Crippen LogP contribution in [0.1, 0.15) is 31.2 Å². The molecule has 1 N–H and O–H groups in total. The van der Waals surface area contributed by atoms with Crippen LogP contribution in [0.15, 0.2) is 33.2 Å². The summed E-state index contributed by atoms with van der Waals surface area (Å²) < 4.78 is 33.6. The minimum absolute atomic E-state index is 0.166. The van der Waals surface area contributed by atoms with E-state index >= 15 is 0 Å². The molecule has 0 spiro atoms. The van der Waals surface area contributed by atoms with E-state index in [0.29, 0.717) is 12.3 Å². The molecule has 116 valence electrons. The normalized spacial score (nSPS) is 15.7. The Morgan fingerprint density at radius 3 is 2.71 bits per heavy atom. The lowest BCUT2D eigenvalue weighted by molar-refractivity contribution is 0.402. The van der Waals surface area contributed by atoms with Gasteiger partial charge in [0.05, 0.1) is 7.11 Å². The average molecular weight is 374 g/mol. The summed E-state index contributed by atoms with van der Waals surface area (Å²) in [6.07, 6.45) is 6.46. The molecule has 0 heterocycles. The zero-order valence-electron chi connectivity index (χ0n) is 12.3. The Morgan fingerprint density at radius 2 is 2.10 bits per heavy atom. The zero-order chi connectivity index (χ0) is 15.5. The van der Waals surface area contributed by atoms with Crippen LogP contribution in [0.25, 0.3) is 0 Å². The molecule has 0 radical (unpaired) electrons. The maximum Gasteiger partial charge on any atom is 0.244 e. The summed E-state index contributed by atoms with van der Waals surface area (Å²) >= 11 is 3.37. The number of hydrogen-bond donors (Lipinski definition) is 1. The number of sulfonamides is 1. The highest BCUT2D eigenvalue weighted by molar-refractivity contribution is 9.10. The molecule has 0 amide bonds. The third kappa shape index (κ3) is 4.08. The predicted octanol–water partition coefficient (Wildman–Crippen LogP) is 3.54. The van der Waals surface area contributed by atoms with Crippen LogP contribution in [-0.4, -0.2) is 22.1 Å². The van der Waals surface area contributed by atoms with Gasteiger partial charge in [-0.2, -0.15) is 0 Å². The van der Waals surface area contributed by atoms with Crippen LogP contribution in [0.4, 0.5) is 0 Å². The van der Waals surface area contributed by atoms with Crippen LogP contribution in [-0.2, 0) is 10.0 Å². The first-order chi connectivity index (χ1) is 9.94. The van der Waals surface area contributed by atoms with Crippen LogP contribution in [0.2, 0.25) is 0 Å². The Labute approximate surface area is 134 Å². The van der Waals surface area contributed by atoms with E-state index in [4.69, 9.17) is 4.74 Å².